The largest absolute Gasteiger partial charge is 0.398 e. The van der Waals surface area contributed by atoms with E-state index in [0.717, 1.165) is 5.56 Å². The molecule has 0 bridgehead atoms. The van der Waals surface area contributed by atoms with Crippen LogP contribution in [0.2, 0.25) is 10.0 Å². The van der Waals surface area contributed by atoms with Crippen molar-refractivity contribution in [3.63, 3.8) is 0 Å². The molecule has 0 amide bonds. The van der Waals surface area contributed by atoms with Crippen molar-refractivity contribution in [3.05, 3.63) is 27.2 Å². The maximum absolute atomic E-state index is 10.5. The lowest BCUT2D eigenvalue weighted by Crippen LogP contribution is -1.97. The van der Waals surface area contributed by atoms with Gasteiger partial charge in [-0.3, -0.25) is 4.79 Å². The number of hydrogen-bond acceptors (Lipinski definition) is 2. The number of carbonyl (C=O) groups excluding carboxylic acids is 1. The molecule has 12 heavy (non-hydrogen) atoms. The van der Waals surface area contributed by atoms with E-state index in [0.29, 0.717) is 17.0 Å². The predicted octanol–water partition coefficient (Wildman–Crippen LogP) is 2.70. The molecule has 0 radical (unpaired) electrons. The third-order valence-electron chi connectivity index (χ3n) is 1.62. The molecule has 0 aliphatic heterocycles. The van der Waals surface area contributed by atoms with Gasteiger partial charge in [0.2, 0.25) is 0 Å². The molecule has 0 atom stereocenters. The van der Waals surface area contributed by atoms with Gasteiger partial charge in [-0.15, -0.1) is 0 Å². The van der Waals surface area contributed by atoms with Crippen LogP contribution in [-0.4, -0.2) is 6.29 Å². The number of nitrogens with two attached hydrogens (primary N) is 1. The van der Waals surface area contributed by atoms with Crippen molar-refractivity contribution in [2.45, 2.75) is 6.92 Å². The smallest absolute Gasteiger partial charge is 0.153 e. The lowest BCUT2D eigenvalue weighted by atomic mass is 10.1. The van der Waals surface area contributed by atoms with E-state index in [9.17, 15) is 4.79 Å². The highest BCUT2D eigenvalue weighted by Crippen LogP contribution is 2.31. The molecular weight excluding hydrogens is 197 g/mol. The monoisotopic (exact) mass is 203 g/mol. The Kier molecular flexibility index (Phi) is 2.60. The summed E-state index contributed by atoms with van der Waals surface area (Å²) >= 11 is 11.5. The van der Waals surface area contributed by atoms with Crippen LogP contribution in [0.3, 0.4) is 0 Å². The van der Waals surface area contributed by atoms with Crippen molar-refractivity contribution < 1.29 is 4.79 Å². The van der Waals surface area contributed by atoms with E-state index in [2.05, 4.69) is 0 Å². The average molecular weight is 204 g/mol. The summed E-state index contributed by atoms with van der Waals surface area (Å²) < 4.78 is 0. The second-order valence-corrected chi connectivity index (χ2v) is 3.22. The van der Waals surface area contributed by atoms with Crippen LogP contribution in [0.15, 0.2) is 6.07 Å². The van der Waals surface area contributed by atoms with E-state index in [1.165, 1.54) is 0 Å². The van der Waals surface area contributed by atoms with E-state index in [4.69, 9.17) is 28.9 Å². The molecule has 2 N–H and O–H groups in total. The van der Waals surface area contributed by atoms with Gasteiger partial charge in [-0.25, -0.2) is 0 Å². The Morgan fingerprint density at radius 1 is 1.50 bits per heavy atom. The summed E-state index contributed by atoms with van der Waals surface area (Å²) in [7, 11) is 0. The summed E-state index contributed by atoms with van der Waals surface area (Å²) in [6.45, 7) is 1.77. The van der Waals surface area contributed by atoms with Crippen LogP contribution in [-0.2, 0) is 0 Å². The van der Waals surface area contributed by atoms with Crippen molar-refractivity contribution in [1.29, 1.82) is 0 Å². The molecule has 1 aromatic rings. The SMILES string of the molecule is Cc1cc(Cl)c(Cl)c(C=O)c1N. The van der Waals surface area contributed by atoms with Gasteiger partial charge in [0.1, 0.15) is 0 Å². The molecule has 0 fully saturated rings. The fraction of sp³-hybridized carbons (Fsp3) is 0.125. The molecule has 1 rings (SSSR count). The van der Waals surface area contributed by atoms with Crippen molar-refractivity contribution in [2.24, 2.45) is 0 Å². The summed E-state index contributed by atoms with van der Waals surface area (Å²) in [5.41, 5.74) is 7.00. The first kappa shape index (κ1) is 9.36. The second-order valence-electron chi connectivity index (χ2n) is 2.43. The fourth-order valence-electron chi connectivity index (χ4n) is 0.906. The van der Waals surface area contributed by atoms with Gasteiger partial charge in [-0.05, 0) is 18.6 Å². The molecule has 1 aromatic carbocycles. The normalized spacial score (nSPS) is 9.92. The van der Waals surface area contributed by atoms with Crippen LogP contribution in [0.1, 0.15) is 15.9 Å². The maximum atomic E-state index is 10.5. The topological polar surface area (TPSA) is 43.1 Å². The fourth-order valence-corrected chi connectivity index (χ4v) is 1.37. The first-order valence-corrected chi connectivity index (χ1v) is 4.02. The molecular formula is C8H7Cl2NO. The number of carbonyl (C=O) groups is 1. The van der Waals surface area contributed by atoms with Gasteiger partial charge in [-0.1, -0.05) is 23.2 Å². The van der Waals surface area contributed by atoms with E-state index in [-0.39, 0.29) is 10.6 Å². The molecule has 2 nitrogen and oxygen atoms in total. The molecule has 0 saturated heterocycles. The summed E-state index contributed by atoms with van der Waals surface area (Å²) in [4.78, 5) is 10.5. The summed E-state index contributed by atoms with van der Waals surface area (Å²) in [5, 5.41) is 0.570. The second kappa shape index (κ2) is 3.33. The minimum Gasteiger partial charge on any atom is -0.398 e. The zero-order valence-electron chi connectivity index (χ0n) is 6.40. The van der Waals surface area contributed by atoms with Crippen molar-refractivity contribution in [1.82, 2.24) is 0 Å². The van der Waals surface area contributed by atoms with Gasteiger partial charge in [0.25, 0.3) is 0 Å². The third-order valence-corrected chi connectivity index (χ3v) is 2.42. The third kappa shape index (κ3) is 1.40. The van der Waals surface area contributed by atoms with Gasteiger partial charge in [0, 0.05) is 5.69 Å². The van der Waals surface area contributed by atoms with Gasteiger partial charge < -0.3 is 5.73 Å². The van der Waals surface area contributed by atoms with Crippen LogP contribution in [0, 0.1) is 6.92 Å². The quantitative estimate of drug-likeness (QED) is 0.564. The highest BCUT2D eigenvalue weighted by atomic mass is 35.5. The Morgan fingerprint density at radius 2 is 2.08 bits per heavy atom. The highest BCUT2D eigenvalue weighted by molar-refractivity contribution is 6.43. The Morgan fingerprint density at radius 3 is 2.58 bits per heavy atom. The first-order chi connectivity index (χ1) is 5.57. The molecule has 0 aliphatic carbocycles. The zero-order chi connectivity index (χ0) is 9.30. The number of nitrogen functional groups attached to an aromatic ring is 1. The van der Waals surface area contributed by atoms with Crippen LogP contribution in [0.25, 0.3) is 0 Å². The van der Waals surface area contributed by atoms with Gasteiger partial charge in [0.15, 0.2) is 6.29 Å². The summed E-state index contributed by atoms with van der Waals surface area (Å²) in [6, 6.07) is 1.63. The Hall–Kier alpha value is -0.730. The van der Waals surface area contributed by atoms with Crippen LogP contribution < -0.4 is 5.73 Å². The predicted molar refractivity (Wildman–Crippen MR) is 51.0 cm³/mol. The minimum absolute atomic E-state index is 0.217. The Labute approximate surface area is 80.3 Å². The van der Waals surface area contributed by atoms with Crippen molar-refractivity contribution >= 4 is 35.2 Å². The molecule has 0 aliphatic rings. The number of halogens is 2. The highest BCUT2D eigenvalue weighted by Gasteiger charge is 2.10. The molecule has 0 aromatic heterocycles. The number of benzene rings is 1. The number of anilines is 1. The van der Waals surface area contributed by atoms with Crippen molar-refractivity contribution in [2.75, 3.05) is 5.73 Å². The van der Waals surface area contributed by atoms with Gasteiger partial charge in [0.05, 0.1) is 15.6 Å². The van der Waals surface area contributed by atoms with Crippen LogP contribution >= 0.6 is 23.2 Å². The Balaban J connectivity index is 3.52. The van der Waals surface area contributed by atoms with E-state index >= 15 is 0 Å². The molecule has 4 heteroatoms. The maximum Gasteiger partial charge on any atom is 0.153 e. The standard InChI is InChI=1S/C8H7Cl2NO/c1-4-2-6(9)7(10)5(3-12)8(4)11/h2-3H,11H2,1H3. The molecule has 0 spiro atoms. The molecule has 0 heterocycles. The molecule has 0 saturated carbocycles. The first-order valence-electron chi connectivity index (χ1n) is 3.27. The van der Waals surface area contributed by atoms with Crippen LogP contribution in [0.4, 0.5) is 5.69 Å². The summed E-state index contributed by atoms with van der Waals surface area (Å²) in [6.07, 6.45) is 0.608. The van der Waals surface area contributed by atoms with Crippen molar-refractivity contribution in [3.8, 4) is 0 Å². The van der Waals surface area contributed by atoms with E-state index < -0.39 is 0 Å². The zero-order valence-corrected chi connectivity index (χ0v) is 7.91. The molecule has 64 valence electrons. The summed E-state index contributed by atoms with van der Waals surface area (Å²) in [5.74, 6) is 0. The number of aryl methyl sites for hydroxylation is 1. The van der Waals surface area contributed by atoms with E-state index in [1.54, 1.807) is 13.0 Å². The number of hydrogen-bond donors (Lipinski definition) is 1. The lowest BCUT2D eigenvalue weighted by molar-refractivity contribution is 0.112. The lowest BCUT2D eigenvalue weighted by Gasteiger charge is -2.06. The molecule has 0 unspecified atom stereocenters. The Bertz CT molecular complexity index is 310. The van der Waals surface area contributed by atoms with Crippen LogP contribution in [0.5, 0.6) is 0 Å². The van der Waals surface area contributed by atoms with Gasteiger partial charge >= 0.3 is 0 Å². The van der Waals surface area contributed by atoms with E-state index in [1.807, 2.05) is 0 Å². The number of aldehydes is 1. The minimum atomic E-state index is 0.217. The number of rotatable bonds is 1. The van der Waals surface area contributed by atoms with Gasteiger partial charge in [-0.2, -0.15) is 0 Å². The average Bonchev–Trinajstić information content (AvgIpc) is 2.02.